The summed E-state index contributed by atoms with van der Waals surface area (Å²) < 4.78 is 11.2. The van der Waals surface area contributed by atoms with Crippen LogP contribution in [0.25, 0.3) is 5.57 Å². The summed E-state index contributed by atoms with van der Waals surface area (Å²) in [7, 11) is 0. The quantitative estimate of drug-likeness (QED) is 0.461. The molecule has 1 aliphatic rings. The van der Waals surface area contributed by atoms with Crippen LogP contribution < -0.4 is 10.1 Å². The molecule has 1 N–H and O–H groups in total. The van der Waals surface area contributed by atoms with Gasteiger partial charge in [-0.15, -0.1) is 0 Å². The Morgan fingerprint density at radius 1 is 1.13 bits per heavy atom. The third kappa shape index (κ3) is 5.12. The van der Waals surface area contributed by atoms with Crippen LogP contribution in [0.4, 0.5) is 11.4 Å². The van der Waals surface area contributed by atoms with Crippen molar-refractivity contribution in [2.45, 2.75) is 59.8 Å². The number of hydrogen-bond acceptors (Lipinski definition) is 4. The Morgan fingerprint density at radius 3 is 2.45 bits per heavy atom. The van der Waals surface area contributed by atoms with Crippen LogP contribution in [0, 0.1) is 5.92 Å². The Morgan fingerprint density at radius 2 is 1.84 bits per heavy atom. The van der Waals surface area contributed by atoms with Gasteiger partial charge in [-0.05, 0) is 84.2 Å². The van der Waals surface area contributed by atoms with Crippen molar-refractivity contribution < 1.29 is 14.3 Å². The van der Waals surface area contributed by atoms with E-state index in [2.05, 4.69) is 58.1 Å². The Bertz CT molecular complexity index is 955. The number of anilines is 2. The Labute approximate surface area is 186 Å². The maximum Gasteiger partial charge on any atom is 0.338 e. The first-order valence-electron chi connectivity index (χ1n) is 11.3. The molecule has 0 saturated carbocycles. The van der Waals surface area contributed by atoms with Crippen molar-refractivity contribution in [3.8, 4) is 5.75 Å². The Kier molecular flexibility index (Phi) is 7.09. The van der Waals surface area contributed by atoms with Gasteiger partial charge in [0.25, 0.3) is 0 Å². The molecule has 0 unspecified atom stereocenters. The minimum atomic E-state index is -0.302. The molecule has 2 aromatic carbocycles. The van der Waals surface area contributed by atoms with E-state index in [-0.39, 0.29) is 11.4 Å². The molecule has 31 heavy (non-hydrogen) atoms. The molecule has 4 heteroatoms. The van der Waals surface area contributed by atoms with E-state index in [1.807, 2.05) is 19.1 Å². The van der Waals surface area contributed by atoms with Crippen LogP contribution >= 0.6 is 0 Å². The number of hydrogen-bond donors (Lipinski definition) is 1. The summed E-state index contributed by atoms with van der Waals surface area (Å²) in [5.41, 5.74) is 6.48. The van der Waals surface area contributed by atoms with E-state index >= 15 is 0 Å². The minimum absolute atomic E-state index is 0.0673. The average Bonchev–Trinajstić information content (AvgIpc) is 2.73. The van der Waals surface area contributed by atoms with Crippen LogP contribution in [-0.4, -0.2) is 19.2 Å². The van der Waals surface area contributed by atoms with Crippen molar-refractivity contribution in [2.24, 2.45) is 5.92 Å². The van der Waals surface area contributed by atoms with Crippen LogP contribution in [0.2, 0.25) is 0 Å². The Balaban J connectivity index is 2.00. The molecule has 0 bridgehead atoms. The molecule has 0 fully saturated rings. The van der Waals surface area contributed by atoms with Crippen LogP contribution in [-0.2, 0) is 10.2 Å². The molecule has 0 spiro atoms. The summed E-state index contributed by atoms with van der Waals surface area (Å²) in [6.45, 7) is 14.0. The summed E-state index contributed by atoms with van der Waals surface area (Å²) in [6, 6.07) is 11.8. The molecule has 0 atom stereocenters. The summed E-state index contributed by atoms with van der Waals surface area (Å²) in [6.07, 6.45) is 4.37. The molecule has 1 aliphatic carbocycles. The van der Waals surface area contributed by atoms with Gasteiger partial charge in [0.1, 0.15) is 5.75 Å². The number of allylic oxidation sites excluding steroid dienone is 2. The van der Waals surface area contributed by atoms with Crippen molar-refractivity contribution in [2.75, 3.05) is 18.5 Å². The summed E-state index contributed by atoms with van der Waals surface area (Å²) in [4.78, 5) is 11.9. The first kappa shape index (κ1) is 22.9. The topological polar surface area (TPSA) is 47.6 Å². The van der Waals surface area contributed by atoms with Crippen molar-refractivity contribution in [3.05, 3.63) is 59.2 Å². The van der Waals surface area contributed by atoms with E-state index in [1.165, 1.54) is 16.7 Å². The van der Waals surface area contributed by atoms with Crippen LogP contribution in [0.15, 0.2) is 42.5 Å². The third-order valence-corrected chi connectivity index (χ3v) is 5.75. The zero-order valence-electron chi connectivity index (χ0n) is 19.7. The molecule has 2 aromatic rings. The van der Waals surface area contributed by atoms with E-state index in [0.717, 1.165) is 30.0 Å². The van der Waals surface area contributed by atoms with Crippen molar-refractivity contribution in [1.29, 1.82) is 0 Å². The molecular weight excluding hydrogens is 386 g/mol. The van der Waals surface area contributed by atoms with Gasteiger partial charge in [-0.1, -0.05) is 40.7 Å². The zero-order chi connectivity index (χ0) is 22.6. The van der Waals surface area contributed by atoms with Crippen molar-refractivity contribution in [3.63, 3.8) is 0 Å². The standard InChI is InChI=1S/C27H35NO3/c1-7-15-31-25-17-23-22(21(18(3)4)13-14-27(23,5)6)16-24(25)28-20-11-9-19(10-12-20)26(29)30-8-2/h9-13,16-18,28H,7-8,14-15H2,1-6H3. The van der Waals surface area contributed by atoms with Gasteiger partial charge in [-0.3, -0.25) is 0 Å². The van der Waals surface area contributed by atoms with Gasteiger partial charge >= 0.3 is 5.97 Å². The number of fused-ring (bicyclic) bond motifs is 1. The van der Waals surface area contributed by atoms with Gasteiger partial charge in [-0.2, -0.15) is 0 Å². The summed E-state index contributed by atoms with van der Waals surface area (Å²) >= 11 is 0. The van der Waals surface area contributed by atoms with Crippen LogP contribution in [0.1, 0.15) is 75.9 Å². The van der Waals surface area contributed by atoms with Crippen LogP contribution in [0.3, 0.4) is 0 Å². The second-order valence-corrected chi connectivity index (χ2v) is 9.07. The van der Waals surface area contributed by atoms with E-state index in [1.54, 1.807) is 12.1 Å². The lowest BCUT2D eigenvalue weighted by molar-refractivity contribution is 0.0526. The van der Waals surface area contributed by atoms with Gasteiger partial charge in [-0.25, -0.2) is 4.79 Å². The fourth-order valence-corrected chi connectivity index (χ4v) is 4.00. The number of nitrogens with one attached hydrogen (secondary N) is 1. The largest absolute Gasteiger partial charge is 0.491 e. The monoisotopic (exact) mass is 421 g/mol. The highest BCUT2D eigenvalue weighted by Gasteiger charge is 2.30. The second-order valence-electron chi connectivity index (χ2n) is 9.07. The fraction of sp³-hybridized carbons (Fsp3) is 0.444. The summed E-state index contributed by atoms with van der Waals surface area (Å²) in [5.74, 6) is 1.02. The van der Waals surface area contributed by atoms with Gasteiger partial charge in [0.15, 0.2) is 0 Å². The highest BCUT2D eigenvalue weighted by Crippen LogP contribution is 2.45. The number of carbonyl (C=O) groups is 1. The van der Waals surface area contributed by atoms with Crippen LogP contribution in [0.5, 0.6) is 5.75 Å². The van der Waals surface area contributed by atoms with Gasteiger partial charge in [0.05, 0.1) is 24.5 Å². The summed E-state index contributed by atoms with van der Waals surface area (Å²) in [5, 5.41) is 3.51. The first-order valence-corrected chi connectivity index (χ1v) is 11.3. The third-order valence-electron chi connectivity index (χ3n) is 5.75. The second kappa shape index (κ2) is 9.59. The predicted molar refractivity (Wildman–Crippen MR) is 128 cm³/mol. The number of benzene rings is 2. The van der Waals surface area contributed by atoms with Gasteiger partial charge < -0.3 is 14.8 Å². The molecule has 3 rings (SSSR count). The first-order chi connectivity index (χ1) is 14.8. The zero-order valence-corrected chi connectivity index (χ0v) is 19.7. The molecule has 0 saturated heterocycles. The molecular formula is C27H35NO3. The van der Waals surface area contributed by atoms with Crippen molar-refractivity contribution >= 4 is 22.9 Å². The normalized spacial score (nSPS) is 14.6. The maximum atomic E-state index is 11.9. The lowest BCUT2D eigenvalue weighted by Gasteiger charge is -2.34. The smallest absolute Gasteiger partial charge is 0.338 e. The van der Waals surface area contributed by atoms with Gasteiger partial charge in [0.2, 0.25) is 0 Å². The molecule has 0 aliphatic heterocycles. The van der Waals surface area contributed by atoms with E-state index in [4.69, 9.17) is 9.47 Å². The molecule has 4 nitrogen and oxygen atoms in total. The highest BCUT2D eigenvalue weighted by atomic mass is 16.5. The van der Waals surface area contributed by atoms with Crippen molar-refractivity contribution in [1.82, 2.24) is 0 Å². The molecule has 0 radical (unpaired) electrons. The predicted octanol–water partition coefficient (Wildman–Crippen LogP) is 7.12. The number of rotatable bonds is 8. The number of esters is 1. The SMILES string of the molecule is CCCOc1cc2c(cc1Nc1ccc(C(=O)OCC)cc1)C(C(C)C)=CCC2(C)C. The average molecular weight is 422 g/mol. The van der Waals surface area contributed by atoms with E-state index in [9.17, 15) is 4.79 Å². The van der Waals surface area contributed by atoms with Gasteiger partial charge in [0, 0.05) is 5.69 Å². The molecule has 0 heterocycles. The lowest BCUT2D eigenvalue weighted by Crippen LogP contribution is -2.23. The fourth-order valence-electron chi connectivity index (χ4n) is 4.00. The molecule has 0 aromatic heterocycles. The molecule has 166 valence electrons. The lowest BCUT2D eigenvalue weighted by atomic mass is 9.71. The van der Waals surface area contributed by atoms with E-state index < -0.39 is 0 Å². The number of ether oxygens (including phenoxy) is 2. The highest BCUT2D eigenvalue weighted by molar-refractivity contribution is 5.90. The maximum absolute atomic E-state index is 11.9. The van der Waals surface area contributed by atoms with E-state index in [0.29, 0.717) is 24.7 Å². The molecule has 0 amide bonds. The number of carbonyl (C=O) groups excluding carboxylic acids is 1. The Hall–Kier alpha value is -2.75. The minimum Gasteiger partial charge on any atom is -0.491 e.